The lowest BCUT2D eigenvalue weighted by atomic mass is 10.2. The fourth-order valence-electron chi connectivity index (χ4n) is 1.84. The quantitative estimate of drug-likeness (QED) is 0.785. The first-order valence-corrected chi connectivity index (χ1v) is 6.18. The molecule has 1 heterocycles. The van der Waals surface area contributed by atoms with Crippen LogP contribution in [0.3, 0.4) is 0 Å². The Morgan fingerprint density at radius 1 is 1.32 bits per heavy atom. The van der Waals surface area contributed by atoms with E-state index in [1.54, 1.807) is 10.9 Å². The van der Waals surface area contributed by atoms with Gasteiger partial charge in [0, 0.05) is 11.9 Å². The van der Waals surface area contributed by atoms with Crippen LogP contribution in [-0.2, 0) is 11.3 Å². The lowest BCUT2D eigenvalue weighted by Gasteiger charge is -2.05. The summed E-state index contributed by atoms with van der Waals surface area (Å²) in [6.45, 7) is 1.60. The molecule has 0 fully saturated rings. The summed E-state index contributed by atoms with van der Waals surface area (Å²) in [5.41, 5.74) is 6.37. The molecule has 0 saturated carbocycles. The number of nitrogens with two attached hydrogens (primary N) is 1. The molecule has 104 valence electrons. The van der Waals surface area contributed by atoms with Crippen LogP contribution in [0.5, 0.6) is 0 Å². The Morgan fingerprint density at radius 2 is 2.11 bits per heavy atom. The maximum Gasteiger partial charge on any atom is 0.241 e. The Morgan fingerprint density at radius 3 is 2.89 bits per heavy atom. The van der Waals surface area contributed by atoms with Crippen LogP contribution in [-0.4, -0.2) is 28.8 Å². The zero-order valence-corrected chi connectivity index (χ0v) is 11.5. The van der Waals surface area contributed by atoms with E-state index >= 15 is 0 Å². The molecule has 2 aromatic rings. The molecule has 0 aliphatic carbocycles. The molecular weight excluding hydrogens is 264 g/mol. The van der Waals surface area contributed by atoms with Crippen molar-refractivity contribution in [2.24, 2.45) is 5.73 Å². The fourth-order valence-corrected chi connectivity index (χ4v) is 1.84. The molecule has 0 aliphatic rings. The highest BCUT2D eigenvalue weighted by Crippen LogP contribution is 2.11. The summed E-state index contributed by atoms with van der Waals surface area (Å²) in [6.07, 6.45) is 3.63. The molecule has 1 aromatic carbocycles. The second-order valence-corrected chi connectivity index (χ2v) is 4.21. The summed E-state index contributed by atoms with van der Waals surface area (Å²) in [6, 6.07) is 7.85. The second kappa shape index (κ2) is 7.76. The molecule has 3 N–H and O–H groups in total. The molecule has 0 saturated heterocycles. The van der Waals surface area contributed by atoms with Gasteiger partial charge in [0.25, 0.3) is 0 Å². The topological polar surface area (TPSA) is 72.9 Å². The summed E-state index contributed by atoms with van der Waals surface area (Å²) >= 11 is 0. The van der Waals surface area contributed by atoms with Gasteiger partial charge in [-0.05, 0) is 25.5 Å². The van der Waals surface area contributed by atoms with E-state index in [1.165, 1.54) is 0 Å². The van der Waals surface area contributed by atoms with Crippen LogP contribution < -0.4 is 11.1 Å². The number of halogens is 1. The Labute approximate surface area is 118 Å². The van der Waals surface area contributed by atoms with Crippen molar-refractivity contribution in [3.63, 3.8) is 0 Å². The van der Waals surface area contributed by atoms with Crippen LogP contribution in [0.15, 0.2) is 30.5 Å². The van der Waals surface area contributed by atoms with Crippen LogP contribution in [0.1, 0.15) is 12.8 Å². The number of amides is 1. The van der Waals surface area contributed by atoms with E-state index in [-0.39, 0.29) is 24.9 Å². The Kier molecular flexibility index (Phi) is 6.32. The maximum absolute atomic E-state index is 11.7. The number of carbonyl (C=O) groups excluding carboxylic acids is 1. The van der Waals surface area contributed by atoms with Crippen LogP contribution in [0.25, 0.3) is 10.9 Å². The lowest BCUT2D eigenvalue weighted by Crippen LogP contribution is -2.29. The minimum absolute atomic E-state index is 0. The zero-order chi connectivity index (χ0) is 12.8. The number of unbranched alkanes of at least 4 members (excludes halogenated alkanes) is 1. The summed E-state index contributed by atoms with van der Waals surface area (Å²) in [5, 5.41) is 8.13. The third-order valence-corrected chi connectivity index (χ3v) is 2.80. The molecule has 1 amide bonds. The van der Waals surface area contributed by atoms with Gasteiger partial charge in [-0.25, -0.2) is 0 Å². The van der Waals surface area contributed by atoms with Gasteiger partial charge < -0.3 is 11.1 Å². The highest BCUT2D eigenvalue weighted by Gasteiger charge is 2.06. The molecule has 2 rings (SSSR count). The third-order valence-electron chi connectivity index (χ3n) is 2.80. The standard InChI is InChI=1S/C13H18N4O.ClH/c14-7-3-4-8-15-13(18)10-17-12-6-2-1-5-11(12)9-16-17;/h1-2,5-6,9H,3-4,7-8,10,14H2,(H,15,18);1H. The molecule has 6 heteroatoms. The van der Waals surface area contributed by atoms with Gasteiger partial charge in [0.1, 0.15) is 6.54 Å². The van der Waals surface area contributed by atoms with Gasteiger partial charge in [-0.1, -0.05) is 18.2 Å². The summed E-state index contributed by atoms with van der Waals surface area (Å²) < 4.78 is 1.72. The van der Waals surface area contributed by atoms with Gasteiger partial charge in [0.05, 0.1) is 11.7 Å². The smallest absolute Gasteiger partial charge is 0.241 e. The maximum atomic E-state index is 11.7. The fraction of sp³-hybridized carbons (Fsp3) is 0.385. The number of para-hydroxylation sites is 1. The third kappa shape index (κ3) is 4.22. The number of hydrogen-bond acceptors (Lipinski definition) is 3. The average molecular weight is 283 g/mol. The Hall–Kier alpha value is -1.59. The van der Waals surface area contributed by atoms with Crippen molar-refractivity contribution >= 4 is 29.2 Å². The minimum atomic E-state index is -0.0131. The predicted molar refractivity (Wildman–Crippen MR) is 78.3 cm³/mol. The average Bonchev–Trinajstić information content (AvgIpc) is 2.78. The first-order chi connectivity index (χ1) is 8.81. The van der Waals surface area contributed by atoms with E-state index in [2.05, 4.69) is 10.4 Å². The molecule has 0 radical (unpaired) electrons. The molecule has 19 heavy (non-hydrogen) atoms. The number of rotatable bonds is 6. The van der Waals surface area contributed by atoms with Crippen molar-refractivity contribution in [1.82, 2.24) is 15.1 Å². The van der Waals surface area contributed by atoms with Gasteiger partial charge in [0.2, 0.25) is 5.91 Å². The van der Waals surface area contributed by atoms with Crippen molar-refractivity contribution in [2.45, 2.75) is 19.4 Å². The Balaban J connectivity index is 0.00000180. The number of fused-ring (bicyclic) bond motifs is 1. The molecule has 0 spiro atoms. The van der Waals surface area contributed by atoms with E-state index in [1.807, 2.05) is 24.3 Å². The number of aromatic nitrogens is 2. The number of carbonyl (C=O) groups is 1. The first-order valence-electron chi connectivity index (χ1n) is 6.18. The molecule has 1 aromatic heterocycles. The molecule has 0 atom stereocenters. The van der Waals surface area contributed by atoms with Gasteiger partial charge in [-0.3, -0.25) is 9.48 Å². The van der Waals surface area contributed by atoms with Crippen molar-refractivity contribution < 1.29 is 4.79 Å². The van der Waals surface area contributed by atoms with Crippen LogP contribution in [0.2, 0.25) is 0 Å². The monoisotopic (exact) mass is 282 g/mol. The van der Waals surface area contributed by atoms with Gasteiger partial charge >= 0.3 is 0 Å². The molecule has 0 unspecified atom stereocenters. The SMILES string of the molecule is Cl.NCCCCNC(=O)Cn1ncc2ccccc21. The molecule has 0 bridgehead atoms. The lowest BCUT2D eigenvalue weighted by molar-refractivity contribution is -0.121. The predicted octanol–water partition coefficient (Wildman–Crippen LogP) is 1.31. The summed E-state index contributed by atoms with van der Waals surface area (Å²) in [4.78, 5) is 11.7. The van der Waals surface area contributed by atoms with Gasteiger partial charge in [-0.15, -0.1) is 12.4 Å². The van der Waals surface area contributed by atoms with Crippen molar-refractivity contribution in [3.05, 3.63) is 30.5 Å². The van der Waals surface area contributed by atoms with Crippen molar-refractivity contribution in [2.75, 3.05) is 13.1 Å². The summed E-state index contributed by atoms with van der Waals surface area (Å²) in [7, 11) is 0. The normalized spacial score (nSPS) is 10.2. The van der Waals surface area contributed by atoms with E-state index in [9.17, 15) is 4.79 Å². The summed E-state index contributed by atoms with van der Waals surface area (Å²) in [5.74, 6) is -0.0131. The molecule has 0 aliphatic heterocycles. The highest BCUT2D eigenvalue weighted by atomic mass is 35.5. The number of benzene rings is 1. The molecule has 5 nitrogen and oxygen atoms in total. The van der Waals surface area contributed by atoms with E-state index in [0.29, 0.717) is 13.1 Å². The van der Waals surface area contributed by atoms with E-state index < -0.39 is 0 Å². The van der Waals surface area contributed by atoms with Crippen LogP contribution >= 0.6 is 12.4 Å². The zero-order valence-electron chi connectivity index (χ0n) is 10.7. The number of hydrogen-bond donors (Lipinski definition) is 2. The van der Waals surface area contributed by atoms with Gasteiger partial charge in [-0.2, -0.15) is 5.10 Å². The number of nitrogens with one attached hydrogen (secondary N) is 1. The Bertz CT molecular complexity index is 526. The van der Waals surface area contributed by atoms with E-state index in [4.69, 9.17) is 5.73 Å². The van der Waals surface area contributed by atoms with Crippen LogP contribution in [0, 0.1) is 0 Å². The second-order valence-electron chi connectivity index (χ2n) is 4.21. The number of nitrogens with zero attached hydrogens (tertiary/aromatic N) is 2. The van der Waals surface area contributed by atoms with Crippen molar-refractivity contribution in [1.29, 1.82) is 0 Å². The largest absolute Gasteiger partial charge is 0.354 e. The van der Waals surface area contributed by atoms with Gasteiger partial charge in [0.15, 0.2) is 0 Å². The first kappa shape index (κ1) is 15.5. The van der Waals surface area contributed by atoms with Crippen LogP contribution in [0.4, 0.5) is 0 Å². The minimum Gasteiger partial charge on any atom is -0.354 e. The molecular formula is C13H19ClN4O. The highest BCUT2D eigenvalue weighted by molar-refractivity contribution is 5.85. The van der Waals surface area contributed by atoms with E-state index in [0.717, 1.165) is 23.7 Å². The van der Waals surface area contributed by atoms with Crippen molar-refractivity contribution in [3.8, 4) is 0 Å².